The van der Waals surface area contributed by atoms with Crippen LogP contribution < -0.4 is 15.4 Å². The third-order valence-electron chi connectivity index (χ3n) is 3.83. The van der Waals surface area contributed by atoms with E-state index in [-0.39, 0.29) is 12.1 Å². The highest BCUT2D eigenvalue weighted by Crippen LogP contribution is 2.22. The molecule has 0 spiro atoms. The number of anilines is 1. The Morgan fingerprint density at radius 1 is 1.21 bits per heavy atom. The molecule has 0 aliphatic carbocycles. The fourth-order valence-corrected chi connectivity index (χ4v) is 2.45. The molecule has 0 fully saturated rings. The van der Waals surface area contributed by atoms with E-state index in [1.165, 1.54) is 0 Å². The van der Waals surface area contributed by atoms with E-state index in [0.29, 0.717) is 17.9 Å². The van der Waals surface area contributed by atoms with Crippen molar-refractivity contribution in [1.82, 2.24) is 5.32 Å². The summed E-state index contributed by atoms with van der Waals surface area (Å²) in [4.78, 5) is 12.1. The molecule has 0 aliphatic rings. The van der Waals surface area contributed by atoms with E-state index in [1.54, 1.807) is 13.2 Å². The Morgan fingerprint density at radius 3 is 2.58 bits per heavy atom. The molecule has 2 rings (SSSR count). The van der Waals surface area contributed by atoms with Gasteiger partial charge in [-0.3, -0.25) is 0 Å². The number of aliphatic hydroxyl groups excluding tert-OH is 1. The van der Waals surface area contributed by atoms with Gasteiger partial charge in [0.25, 0.3) is 0 Å². The molecule has 0 aliphatic heterocycles. The summed E-state index contributed by atoms with van der Waals surface area (Å²) < 4.78 is 5.17. The molecule has 5 nitrogen and oxygen atoms in total. The van der Waals surface area contributed by atoms with Crippen molar-refractivity contribution >= 4 is 11.7 Å². The van der Waals surface area contributed by atoms with Crippen molar-refractivity contribution in [3.05, 3.63) is 59.7 Å². The summed E-state index contributed by atoms with van der Waals surface area (Å²) >= 11 is 0. The number of carbonyl (C=O) groups is 1. The second-order valence-electron chi connectivity index (χ2n) is 5.84. The number of rotatable bonds is 6. The van der Waals surface area contributed by atoms with E-state index in [4.69, 9.17) is 4.74 Å². The van der Waals surface area contributed by atoms with Crippen molar-refractivity contribution < 1.29 is 14.6 Å². The Hall–Kier alpha value is -2.53. The molecule has 2 aromatic carbocycles. The van der Waals surface area contributed by atoms with Crippen LogP contribution in [0.2, 0.25) is 0 Å². The van der Waals surface area contributed by atoms with Gasteiger partial charge >= 0.3 is 6.03 Å². The summed E-state index contributed by atoms with van der Waals surface area (Å²) in [6, 6.07) is 14.4. The first-order valence-corrected chi connectivity index (χ1v) is 7.94. The molecule has 128 valence electrons. The molecule has 0 saturated carbocycles. The number of carbonyl (C=O) groups excluding carboxylic acids is 1. The molecule has 3 N–H and O–H groups in total. The van der Waals surface area contributed by atoms with Crippen molar-refractivity contribution in [2.45, 2.75) is 32.4 Å². The van der Waals surface area contributed by atoms with Gasteiger partial charge in [-0.05, 0) is 37.5 Å². The summed E-state index contributed by atoms with van der Waals surface area (Å²) in [5.41, 5.74) is 2.49. The number of hydrogen-bond donors (Lipinski definition) is 3. The van der Waals surface area contributed by atoms with E-state index >= 15 is 0 Å². The summed E-state index contributed by atoms with van der Waals surface area (Å²) in [7, 11) is 1.58. The van der Waals surface area contributed by atoms with Crippen molar-refractivity contribution in [3.8, 4) is 5.75 Å². The molecule has 0 saturated heterocycles. The summed E-state index contributed by atoms with van der Waals surface area (Å²) in [5, 5.41) is 15.9. The topological polar surface area (TPSA) is 70.6 Å². The SMILES string of the molecule is COc1ccc(C)c(NC(=O)NC(C)CC(O)c2ccccc2)c1. The minimum absolute atomic E-state index is 0.175. The van der Waals surface area contributed by atoms with Crippen LogP contribution in [0.4, 0.5) is 10.5 Å². The van der Waals surface area contributed by atoms with Gasteiger partial charge in [0.15, 0.2) is 0 Å². The van der Waals surface area contributed by atoms with Crippen LogP contribution in [0.5, 0.6) is 5.75 Å². The minimum Gasteiger partial charge on any atom is -0.497 e. The zero-order valence-corrected chi connectivity index (χ0v) is 14.2. The number of ether oxygens (including phenoxy) is 1. The van der Waals surface area contributed by atoms with Crippen LogP contribution in [0.1, 0.15) is 30.6 Å². The average molecular weight is 328 g/mol. The van der Waals surface area contributed by atoms with Crippen molar-refractivity contribution in [2.75, 3.05) is 12.4 Å². The number of nitrogens with one attached hydrogen (secondary N) is 2. The number of aliphatic hydroxyl groups is 1. The van der Waals surface area contributed by atoms with E-state index < -0.39 is 6.10 Å². The van der Waals surface area contributed by atoms with E-state index in [9.17, 15) is 9.90 Å². The lowest BCUT2D eigenvalue weighted by atomic mass is 10.0. The first kappa shape index (κ1) is 17.8. The van der Waals surface area contributed by atoms with Crippen molar-refractivity contribution in [1.29, 1.82) is 0 Å². The lowest BCUT2D eigenvalue weighted by molar-refractivity contribution is 0.155. The number of urea groups is 1. The number of benzene rings is 2. The van der Waals surface area contributed by atoms with Gasteiger partial charge < -0.3 is 20.5 Å². The van der Waals surface area contributed by atoms with Crippen LogP contribution in [-0.2, 0) is 0 Å². The fourth-order valence-electron chi connectivity index (χ4n) is 2.45. The smallest absolute Gasteiger partial charge is 0.319 e. The average Bonchev–Trinajstić information content (AvgIpc) is 2.57. The molecule has 2 aromatic rings. The van der Waals surface area contributed by atoms with Crippen molar-refractivity contribution in [3.63, 3.8) is 0 Å². The molecule has 0 heterocycles. The van der Waals surface area contributed by atoms with Gasteiger partial charge in [-0.25, -0.2) is 4.79 Å². The lowest BCUT2D eigenvalue weighted by Crippen LogP contribution is -2.37. The van der Waals surface area contributed by atoms with Gasteiger partial charge in [0.2, 0.25) is 0 Å². The fraction of sp³-hybridized carbons (Fsp3) is 0.316. The first-order valence-electron chi connectivity index (χ1n) is 7.94. The Balaban J connectivity index is 1.90. The monoisotopic (exact) mass is 328 g/mol. The zero-order valence-electron chi connectivity index (χ0n) is 14.2. The van der Waals surface area contributed by atoms with E-state index in [1.807, 2.05) is 56.3 Å². The highest BCUT2D eigenvalue weighted by atomic mass is 16.5. The maximum absolute atomic E-state index is 12.1. The van der Waals surface area contributed by atoms with Gasteiger partial charge in [-0.2, -0.15) is 0 Å². The second-order valence-corrected chi connectivity index (χ2v) is 5.84. The summed E-state index contributed by atoms with van der Waals surface area (Å²) in [6.45, 7) is 3.78. The highest BCUT2D eigenvalue weighted by molar-refractivity contribution is 5.90. The van der Waals surface area contributed by atoms with Gasteiger partial charge in [0.05, 0.1) is 13.2 Å². The Bertz CT molecular complexity index is 674. The lowest BCUT2D eigenvalue weighted by Gasteiger charge is -2.19. The highest BCUT2D eigenvalue weighted by Gasteiger charge is 2.15. The number of aryl methyl sites for hydroxylation is 1. The van der Waals surface area contributed by atoms with Crippen LogP contribution in [0.15, 0.2) is 48.5 Å². The van der Waals surface area contributed by atoms with Crippen LogP contribution in [0.3, 0.4) is 0 Å². The van der Waals surface area contributed by atoms with Crippen LogP contribution in [0.25, 0.3) is 0 Å². The predicted octanol–water partition coefficient (Wildman–Crippen LogP) is 3.64. The largest absolute Gasteiger partial charge is 0.497 e. The normalized spacial score (nSPS) is 13.0. The van der Waals surface area contributed by atoms with Crippen LogP contribution in [-0.4, -0.2) is 24.3 Å². The molecule has 0 radical (unpaired) electrons. The maximum atomic E-state index is 12.1. The van der Waals surface area contributed by atoms with E-state index in [0.717, 1.165) is 11.1 Å². The van der Waals surface area contributed by atoms with Crippen molar-refractivity contribution in [2.24, 2.45) is 0 Å². The van der Waals surface area contributed by atoms with Gasteiger partial charge in [-0.15, -0.1) is 0 Å². The standard InChI is InChI=1S/C19H24N2O3/c1-13-9-10-16(24-3)12-17(13)21-19(23)20-14(2)11-18(22)15-7-5-4-6-8-15/h4-10,12,14,18,22H,11H2,1-3H3,(H2,20,21,23). The molecule has 2 amide bonds. The maximum Gasteiger partial charge on any atom is 0.319 e. The van der Waals surface area contributed by atoms with E-state index in [2.05, 4.69) is 10.6 Å². The van der Waals surface area contributed by atoms with Crippen LogP contribution >= 0.6 is 0 Å². The Kier molecular flexibility index (Phi) is 6.21. The minimum atomic E-state index is -0.611. The quantitative estimate of drug-likeness (QED) is 0.758. The molecule has 2 atom stereocenters. The van der Waals surface area contributed by atoms with Gasteiger partial charge in [-0.1, -0.05) is 36.4 Å². The number of methoxy groups -OCH3 is 1. The zero-order chi connectivity index (χ0) is 17.5. The van der Waals surface area contributed by atoms with Crippen LogP contribution in [0, 0.1) is 6.92 Å². The number of hydrogen-bond acceptors (Lipinski definition) is 3. The Morgan fingerprint density at radius 2 is 1.92 bits per heavy atom. The molecule has 0 bridgehead atoms. The molecule has 0 aromatic heterocycles. The van der Waals surface area contributed by atoms with Gasteiger partial charge in [0, 0.05) is 17.8 Å². The third-order valence-corrected chi connectivity index (χ3v) is 3.83. The third kappa shape index (κ3) is 4.99. The number of amides is 2. The predicted molar refractivity (Wildman–Crippen MR) is 95.4 cm³/mol. The van der Waals surface area contributed by atoms with Gasteiger partial charge in [0.1, 0.15) is 5.75 Å². The Labute approximate surface area is 142 Å². The molecule has 5 heteroatoms. The summed E-state index contributed by atoms with van der Waals surface area (Å²) in [5.74, 6) is 0.684. The first-order chi connectivity index (χ1) is 11.5. The molecular formula is C19H24N2O3. The second kappa shape index (κ2) is 8.36. The summed E-state index contributed by atoms with van der Waals surface area (Å²) in [6.07, 6.45) is -0.172. The molecule has 2 unspecified atom stereocenters. The molecular weight excluding hydrogens is 304 g/mol. The molecule has 24 heavy (non-hydrogen) atoms.